The molecular formula is C17H19N3O2. The molecule has 0 amide bonds. The molecule has 0 aliphatic carbocycles. The number of nitrogens with one attached hydrogen (secondary N) is 1. The summed E-state index contributed by atoms with van der Waals surface area (Å²) < 4.78 is 10.7. The van der Waals surface area contributed by atoms with E-state index in [0.717, 1.165) is 17.9 Å². The van der Waals surface area contributed by atoms with Crippen molar-refractivity contribution in [3.8, 4) is 11.8 Å². The van der Waals surface area contributed by atoms with Crippen LogP contribution < -0.4 is 10.1 Å². The first-order valence-corrected chi connectivity index (χ1v) is 7.09. The van der Waals surface area contributed by atoms with Crippen LogP contribution in [0.25, 0.3) is 12.2 Å². The lowest BCUT2D eigenvalue weighted by Gasteiger charge is -2.04. The van der Waals surface area contributed by atoms with Crippen molar-refractivity contribution in [2.75, 3.05) is 19.0 Å². The van der Waals surface area contributed by atoms with E-state index in [1.807, 2.05) is 36.4 Å². The largest absolute Gasteiger partial charge is 0.497 e. The highest BCUT2D eigenvalue weighted by molar-refractivity contribution is 5.67. The number of ether oxygens (including phenoxy) is 1. The summed E-state index contributed by atoms with van der Waals surface area (Å²) in [5.74, 6) is 2.05. The lowest BCUT2D eigenvalue weighted by atomic mass is 10.2. The van der Waals surface area contributed by atoms with Crippen molar-refractivity contribution < 1.29 is 9.15 Å². The first kappa shape index (κ1) is 15.6. The number of benzene rings is 1. The highest BCUT2D eigenvalue weighted by Crippen LogP contribution is 2.20. The molecule has 5 heteroatoms. The molecule has 0 bridgehead atoms. The fourth-order valence-electron chi connectivity index (χ4n) is 1.81. The van der Waals surface area contributed by atoms with E-state index in [2.05, 4.69) is 24.1 Å². The number of rotatable bonds is 6. The van der Waals surface area contributed by atoms with Crippen molar-refractivity contribution in [3.05, 3.63) is 41.4 Å². The smallest absolute Gasteiger partial charge is 0.232 e. The molecule has 0 unspecified atom stereocenters. The molecule has 2 rings (SSSR count). The Labute approximate surface area is 130 Å². The van der Waals surface area contributed by atoms with Gasteiger partial charge in [-0.2, -0.15) is 10.2 Å². The van der Waals surface area contributed by atoms with Crippen LogP contribution in [0.1, 0.15) is 31.0 Å². The Morgan fingerprint density at radius 3 is 2.91 bits per heavy atom. The summed E-state index contributed by atoms with van der Waals surface area (Å²) >= 11 is 0. The average Bonchev–Trinajstić information content (AvgIpc) is 2.93. The van der Waals surface area contributed by atoms with E-state index in [1.165, 1.54) is 0 Å². The molecule has 0 saturated heterocycles. The Morgan fingerprint density at radius 2 is 2.23 bits per heavy atom. The predicted octanol–water partition coefficient (Wildman–Crippen LogP) is 3.79. The minimum Gasteiger partial charge on any atom is -0.497 e. The highest BCUT2D eigenvalue weighted by atomic mass is 16.5. The van der Waals surface area contributed by atoms with E-state index in [9.17, 15) is 0 Å². The van der Waals surface area contributed by atoms with Crippen LogP contribution in [-0.4, -0.2) is 18.6 Å². The molecule has 1 N–H and O–H groups in total. The number of hydrogen-bond acceptors (Lipinski definition) is 5. The fraction of sp³-hybridized carbons (Fsp3) is 0.294. The number of methoxy groups -OCH3 is 1. The lowest BCUT2D eigenvalue weighted by Crippen LogP contribution is -2.08. The van der Waals surface area contributed by atoms with Gasteiger partial charge in [-0.15, -0.1) is 0 Å². The second kappa shape index (κ2) is 7.32. The third kappa shape index (κ3) is 4.13. The van der Waals surface area contributed by atoms with Crippen LogP contribution in [0.4, 0.5) is 5.88 Å². The standard InChI is InChI=1S/C17H19N3O2/c1-12(2)11-19-17-15(10-18)20-16(22-17)8-7-13-5-4-6-14(9-13)21-3/h4-9,12,19H,11H2,1-3H3/b8-7+. The third-order valence-electron chi connectivity index (χ3n) is 2.93. The van der Waals surface area contributed by atoms with Gasteiger partial charge in [-0.05, 0) is 29.7 Å². The molecule has 114 valence electrons. The predicted molar refractivity (Wildman–Crippen MR) is 86.5 cm³/mol. The fourth-order valence-corrected chi connectivity index (χ4v) is 1.81. The van der Waals surface area contributed by atoms with Gasteiger partial charge < -0.3 is 14.5 Å². The second-order valence-corrected chi connectivity index (χ2v) is 5.23. The van der Waals surface area contributed by atoms with Crippen LogP contribution in [0.15, 0.2) is 28.7 Å². The SMILES string of the molecule is COc1cccc(/C=C/c2nc(C#N)c(NCC(C)C)o2)c1. The van der Waals surface area contributed by atoms with E-state index >= 15 is 0 Å². The van der Waals surface area contributed by atoms with E-state index in [4.69, 9.17) is 14.4 Å². The Balaban J connectivity index is 2.15. The number of aromatic nitrogens is 1. The number of oxazole rings is 1. The first-order valence-electron chi connectivity index (χ1n) is 7.09. The number of nitriles is 1. The third-order valence-corrected chi connectivity index (χ3v) is 2.93. The van der Waals surface area contributed by atoms with E-state index in [1.54, 1.807) is 13.2 Å². The summed E-state index contributed by atoms with van der Waals surface area (Å²) in [6.07, 6.45) is 3.60. The molecule has 22 heavy (non-hydrogen) atoms. The number of nitrogens with zero attached hydrogens (tertiary/aromatic N) is 2. The maximum Gasteiger partial charge on any atom is 0.232 e. The zero-order chi connectivity index (χ0) is 15.9. The maximum atomic E-state index is 9.10. The van der Waals surface area contributed by atoms with Crippen LogP contribution >= 0.6 is 0 Å². The normalized spacial score (nSPS) is 10.9. The molecule has 1 heterocycles. The summed E-state index contributed by atoms with van der Waals surface area (Å²) in [7, 11) is 1.63. The quantitative estimate of drug-likeness (QED) is 0.878. The molecule has 0 spiro atoms. The number of hydrogen-bond donors (Lipinski definition) is 1. The average molecular weight is 297 g/mol. The van der Waals surface area contributed by atoms with Gasteiger partial charge in [-0.3, -0.25) is 0 Å². The maximum absolute atomic E-state index is 9.10. The minimum absolute atomic E-state index is 0.269. The summed E-state index contributed by atoms with van der Waals surface area (Å²) in [6, 6.07) is 9.68. The topological polar surface area (TPSA) is 71.1 Å². The Bertz CT molecular complexity index is 696. The Hall–Kier alpha value is -2.74. The van der Waals surface area contributed by atoms with Gasteiger partial charge in [0, 0.05) is 12.6 Å². The molecule has 0 aliphatic heterocycles. The van der Waals surface area contributed by atoms with Crippen molar-refractivity contribution in [3.63, 3.8) is 0 Å². The monoisotopic (exact) mass is 297 g/mol. The highest BCUT2D eigenvalue weighted by Gasteiger charge is 2.11. The molecule has 1 aromatic heterocycles. The molecule has 5 nitrogen and oxygen atoms in total. The molecule has 0 aliphatic rings. The molecule has 2 aromatic rings. The van der Waals surface area contributed by atoms with Crippen molar-refractivity contribution in [1.82, 2.24) is 4.98 Å². The van der Waals surface area contributed by atoms with Crippen LogP contribution in [0, 0.1) is 17.2 Å². The van der Waals surface area contributed by atoms with Crippen LogP contribution in [0.3, 0.4) is 0 Å². The molecule has 0 atom stereocenters. The van der Waals surface area contributed by atoms with Gasteiger partial charge in [0.15, 0.2) is 0 Å². The number of anilines is 1. The van der Waals surface area contributed by atoms with Crippen molar-refractivity contribution in [2.24, 2.45) is 5.92 Å². The molecular weight excluding hydrogens is 278 g/mol. The van der Waals surface area contributed by atoms with Crippen LogP contribution in [0.5, 0.6) is 5.75 Å². The molecule has 1 aromatic carbocycles. The summed E-state index contributed by atoms with van der Waals surface area (Å²) in [5, 5.41) is 12.2. The van der Waals surface area contributed by atoms with Gasteiger partial charge in [-0.25, -0.2) is 0 Å². The first-order chi connectivity index (χ1) is 10.6. The van der Waals surface area contributed by atoms with Gasteiger partial charge in [-0.1, -0.05) is 26.0 Å². The minimum atomic E-state index is 0.269. The van der Waals surface area contributed by atoms with Gasteiger partial charge in [0.05, 0.1) is 7.11 Å². The summed E-state index contributed by atoms with van der Waals surface area (Å²) in [4.78, 5) is 4.16. The Morgan fingerprint density at radius 1 is 1.41 bits per heavy atom. The van der Waals surface area contributed by atoms with Gasteiger partial charge in [0.2, 0.25) is 17.5 Å². The van der Waals surface area contributed by atoms with Gasteiger partial charge in [0.25, 0.3) is 0 Å². The zero-order valence-electron chi connectivity index (χ0n) is 13.0. The van der Waals surface area contributed by atoms with E-state index < -0.39 is 0 Å². The van der Waals surface area contributed by atoms with E-state index in [0.29, 0.717) is 17.7 Å². The Kier molecular flexibility index (Phi) is 5.21. The van der Waals surface area contributed by atoms with Crippen molar-refractivity contribution >= 4 is 18.0 Å². The molecule has 0 fully saturated rings. The van der Waals surface area contributed by atoms with Gasteiger partial charge in [0.1, 0.15) is 11.8 Å². The van der Waals surface area contributed by atoms with Crippen LogP contribution in [0.2, 0.25) is 0 Å². The van der Waals surface area contributed by atoms with Crippen molar-refractivity contribution in [1.29, 1.82) is 5.26 Å². The molecule has 0 radical (unpaired) electrons. The van der Waals surface area contributed by atoms with E-state index in [-0.39, 0.29) is 5.69 Å². The second-order valence-electron chi connectivity index (χ2n) is 5.23. The molecule has 0 saturated carbocycles. The zero-order valence-corrected chi connectivity index (χ0v) is 13.0. The summed E-state index contributed by atoms with van der Waals surface area (Å²) in [5.41, 5.74) is 1.23. The van der Waals surface area contributed by atoms with Crippen LogP contribution in [-0.2, 0) is 0 Å². The lowest BCUT2D eigenvalue weighted by molar-refractivity contribution is 0.414. The summed E-state index contributed by atoms with van der Waals surface area (Å²) in [6.45, 7) is 4.89. The van der Waals surface area contributed by atoms with Crippen molar-refractivity contribution in [2.45, 2.75) is 13.8 Å². The van der Waals surface area contributed by atoms with Gasteiger partial charge >= 0.3 is 0 Å².